The average Bonchev–Trinajstić information content (AvgIpc) is 2.97. The predicted octanol–water partition coefficient (Wildman–Crippen LogP) is 7.32. The first-order valence-corrected chi connectivity index (χ1v) is 16.6. The van der Waals surface area contributed by atoms with Crippen molar-refractivity contribution in [3.05, 3.63) is 118 Å². The molecule has 4 aromatic carbocycles. The standard InChI is InChI=1S/C30H28Cl2F2N2O5S2/c1-21(36(29-20-24(33)13-16-28(29)34)43(39,40)25-14-11-22(31)12-15-25)27-9-3-4-10-30(27)41-18-6-17-35(2)42(37,38)26-8-5-7-23(32)19-26/h3-5,7-16,19-21H,6,17-18H2,1-2H3. The molecule has 4 aromatic rings. The zero-order chi connectivity index (χ0) is 31.4. The summed E-state index contributed by atoms with van der Waals surface area (Å²) in [5, 5.41) is 0.606. The van der Waals surface area contributed by atoms with E-state index in [0.29, 0.717) is 27.8 Å². The van der Waals surface area contributed by atoms with Gasteiger partial charge in [-0.2, -0.15) is 0 Å². The van der Waals surface area contributed by atoms with Crippen molar-refractivity contribution in [3.63, 3.8) is 0 Å². The smallest absolute Gasteiger partial charge is 0.264 e. The number of sulfonamides is 2. The van der Waals surface area contributed by atoms with Crippen molar-refractivity contribution in [1.82, 2.24) is 4.31 Å². The Bertz CT molecular complexity index is 1810. The highest BCUT2D eigenvalue weighted by Crippen LogP contribution is 2.38. The third-order valence-electron chi connectivity index (χ3n) is 6.62. The lowest BCUT2D eigenvalue weighted by molar-refractivity contribution is 0.292. The summed E-state index contributed by atoms with van der Waals surface area (Å²) in [6, 6.07) is 19.4. The molecule has 0 aliphatic heterocycles. The molecule has 0 heterocycles. The molecule has 0 amide bonds. The molecule has 0 N–H and O–H groups in total. The summed E-state index contributed by atoms with van der Waals surface area (Å²) in [5.41, 5.74) is -0.103. The molecule has 0 saturated heterocycles. The third kappa shape index (κ3) is 7.47. The van der Waals surface area contributed by atoms with E-state index < -0.39 is 43.4 Å². The van der Waals surface area contributed by atoms with Gasteiger partial charge in [-0.1, -0.05) is 47.5 Å². The fourth-order valence-corrected chi connectivity index (χ4v) is 7.67. The zero-order valence-electron chi connectivity index (χ0n) is 23.1. The second kappa shape index (κ2) is 13.6. The van der Waals surface area contributed by atoms with Gasteiger partial charge in [-0.3, -0.25) is 4.31 Å². The Morgan fingerprint density at radius 3 is 2.19 bits per heavy atom. The lowest BCUT2D eigenvalue weighted by Crippen LogP contribution is -2.34. The van der Waals surface area contributed by atoms with Gasteiger partial charge in [-0.25, -0.2) is 29.9 Å². The number of hydrogen-bond acceptors (Lipinski definition) is 5. The van der Waals surface area contributed by atoms with Crippen molar-refractivity contribution in [3.8, 4) is 5.75 Å². The monoisotopic (exact) mass is 668 g/mol. The molecule has 0 aliphatic carbocycles. The Labute approximate surface area is 260 Å². The minimum absolute atomic E-state index is 0.0640. The van der Waals surface area contributed by atoms with E-state index in [1.807, 2.05) is 0 Å². The molecule has 0 radical (unpaired) electrons. The van der Waals surface area contributed by atoms with Gasteiger partial charge >= 0.3 is 0 Å². The molecule has 1 atom stereocenters. The minimum Gasteiger partial charge on any atom is -0.493 e. The highest BCUT2D eigenvalue weighted by atomic mass is 35.5. The van der Waals surface area contributed by atoms with Crippen molar-refractivity contribution in [2.75, 3.05) is 24.5 Å². The number of hydrogen-bond donors (Lipinski definition) is 0. The van der Waals surface area contributed by atoms with Crippen LogP contribution in [0.4, 0.5) is 14.5 Å². The number of para-hydroxylation sites is 1. The second-order valence-electron chi connectivity index (χ2n) is 9.55. The maximum atomic E-state index is 15.1. The first-order chi connectivity index (χ1) is 20.3. The summed E-state index contributed by atoms with van der Waals surface area (Å²) in [6.45, 7) is 1.74. The summed E-state index contributed by atoms with van der Waals surface area (Å²) < 4.78 is 90.9. The van der Waals surface area contributed by atoms with Crippen LogP contribution in [-0.4, -0.2) is 41.3 Å². The van der Waals surface area contributed by atoms with Crippen LogP contribution in [0.15, 0.2) is 101 Å². The van der Waals surface area contributed by atoms with E-state index in [4.69, 9.17) is 27.9 Å². The Hall–Kier alpha value is -3.22. The molecule has 228 valence electrons. The van der Waals surface area contributed by atoms with Gasteiger partial charge in [0.15, 0.2) is 0 Å². The van der Waals surface area contributed by atoms with Crippen molar-refractivity contribution >= 4 is 48.9 Å². The van der Waals surface area contributed by atoms with E-state index in [1.54, 1.807) is 36.4 Å². The SMILES string of the molecule is CC(c1ccccc1OCCCN(C)S(=O)(=O)c1cccc(Cl)c1)N(c1cc(F)ccc1F)S(=O)(=O)c1ccc(Cl)cc1. The Morgan fingerprint density at radius 2 is 1.49 bits per heavy atom. The second-order valence-corrected chi connectivity index (χ2v) is 14.3. The molecular formula is C30H28Cl2F2N2O5S2. The van der Waals surface area contributed by atoms with E-state index in [0.717, 1.165) is 22.5 Å². The number of halogens is 4. The van der Waals surface area contributed by atoms with Gasteiger partial charge in [0.05, 0.1) is 28.1 Å². The molecule has 7 nitrogen and oxygen atoms in total. The van der Waals surface area contributed by atoms with Crippen LogP contribution in [0.5, 0.6) is 5.75 Å². The summed E-state index contributed by atoms with van der Waals surface area (Å²) >= 11 is 11.9. The minimum atomic E-state index is -4.43. The number of anilines is 1. The topological polar surface area (TPSA) is 84.0 Å². The van der Waals surface area contributed by atoms with Crippen LogP contribution < -0.4 is 9.04 Å². The Balaban J connectivity index is 1.59. The Morgan fingerprint density at radius 1 is 0.791 bits per heavy atom. The molecular weight excluding hydrogens is 641 g/mol. The van der Waals surface area contributed by atoms with Crippen LogP contribution >= 0.6 is 23.2 Å². The molecule has 1 unspecified atom stereocenters. The van der Waals surface area contributed by atoms with E-state index in [-0.39, 0.29) is 22.9 Å². The number of nitrogens with zero attached hydrogens (tertiary/aromatic N) is 2. The van der Waals surface area contributed by atoms with Gasteiger partial charge in [-0.15, -0.1) is 0 Å². The molecule has 43 heavy (non-hydrogen) atoms. The molecule has 0 fully saturated rings. The van der Waals surface area contributed by atoms with Crippen LogP contribution in [0, 0.1) is 11.6 Å². The van der Waals surface area contributed by atoms with Crippen molar-refractivity contribution in [2.24, 2.45) is 0 Å². The number of benzene rings is 4. The van der Waals surface area contributed by atoms with Gasteiger partial charge in [0, 0.05) is 35.3 Å². The largest absolute Gasteiger partial charge is 0.493 e. The van der Waals surface area contributed by atoms with E-state index in [1.165, 1.54) is 54.7 Å². The van der Waals surface area contributed by atoms with E-state index >= 15 is 4.39 Å². The van der Waals surface area contributed by atoms with Crippen molar-refractivity contribution < 1.29 is 30.4 Å². The molecule has 0 aromatic heterocycles. The maximum absolute atomic E-state index is 15.1. The third-order valence-corrected chi connectivity index (χ3v) is 10.9. The van der Waals surface area contributed by atoms with Gasteiger partial charge < -0.3 is 4.74 Å². The van der Waals surface area contributed by atoms with Crippen LogP contribution in [0.1, 0.15) is 24.9 Å². The molecule has 0 aliphatic rings. The van der Waals surface area contributed by atoms with E-state index in [2.05, 4.69) is 0 Å². The van der Waals surface area contributed by atoms with Gasteiger partial charge in [-0.05, 0) is 74.0 Å². The molecule has 4 rings (SSSR count). The summed E-state index contributed by atoms with van der Waals surface area (Å²) in [5.74, 6) is -1.46. The molecule has 0 bridgehead atoms. The van der Waals surface area contributed by atoms with Gasteiger partial charge in [0.1, 0.15) is 17.4 Å². The van der Waals surface area contributed by atoms with Crippen LogP contribution in [0.3, 0.4) is 0 Å². The van der Waals surface area contributed by atoms with Crippen molar-refractivity contribution in [1.29, 1.82) is 0 Å². The maximum Gasteiger partial charge on any atom is 0.264 e. The lowest BCUT2D eigenvalue weighted by atomic mass is 10.1. The summed E-state index contributed by atoms with van der Waals surface area (Å²) in [7, 11) is -6.76. The number of ether oxygens (including phenoxy) is 1. The predicted molar refractivity (Wildman–Crippen MR) is 164 cm³/mol. The normalized spacial score (nSPS) is 12.7. The average molecular weight is 670 g/mol. The Kier molecular flexibility index (Phi) is 10.3. The van der Waals surface area contributed by atoms with Crippen LogP contribution in [-0.2, 0) is 20.0 Å². The first-order valence-electron chi connectivity index (χ1n) is 13.0. The summed E-state index contributed by atoms with van der Waals surface area (Å²) in [6.07, 6.45) is 0.296. The molecule has 0 saturated carbocycles. The highest BCUT2D eigenvalue weighted by Gasteiger charge is 2.34. The van der Waals surface area contributed by atoms with Crippen LogP contribution in [0.25, 0.3) is 0 Å². The van der Waals surface area contributed by atoms with Gasteiger partial charge in [0.25, 0.3) is 10.0 Å². The fraction of sp³-hybridized carbons (Fsp3) is 0.200. The van der Waals surface area contributed by atoms with E-state index in [9.17, 15) is 21.2 Å². The summed E-state index contributed by atoms with van der Waals surface area (Å²) in [4.78, 5) is -0.107. The lowest BCUT2D eigenvalue weighted by Gasteiger charge is -2.32. The quantitative estimate of drug-likeness (QED) is 0.148. The number of rotatable bonds is 12. The zero-order valence-corrected chi connectivity index (χ0v) is 26.3. The highest BCUT2D eigenvalue weighted by molar-refractivity contribution is 7.92. The van der Waals surface area contributed by atoms with Crippen LogP contribution in [0.2, 0.25) is 10.0 Å². The molecule has 0 spiro atoms. The fourth-order valence-electron chi connectivity index (χ4n) is 4.40. The molecule has 13 heteroatoms. The first kappa shape index (κ1) is 32.7. The van der Waals surface area contributed by atoms with Gasteiger partial charge in [0.2, 0.25) is 10.0 Å². The van der Waals surface area contributed by atoms with Crippen molar-refractivity contribution in [2.45, 2.75) is 29.2 Å².